The van der Waals surface area contributed by atoms with E-state index in [4.69, 9.17) is 4.74 Å². The van der Waals surface area contributed by atoms with Gasteiger partial charge in [0.15, 0.2) is 0 Å². The van der Waals surface area contributed by atoms with E-state index in [-0.39, 0.29) is 11.5 Å². The summed E-state index contributed by atoms with van der Waals surface area (Å²) in [4.78, 5) is 17.2. The summed E-state index contributed by atoms with van der Waals surface area (Å²) < 4.78 is 5.27. The highest BCUT2D eigenvalue weighted by Crippen LogP contribution is 2.55. The second-order valence-corrected chi connectivity index (χ2v) is 6.96. The molecule has 0 spiro atoms. The summed E-state index contributed by atoms with van der Waals surface area (Å²) in [6.07, 6.45) is 5.87. The van der Waals surface area contributed by atoms with E-state index in [1.165, 1.54) is 25.7 Å². The van der Waals surface area contributed by atoms with Crippen LogP contribution in [0, 0.1) is 11.8 Å². The predicted molar refractivity (Wildman–Crippen MR) is 78.5 cm³/mol. The number of carbonyl (C=O) groups is 1. The van der Waals surface area contributed by atoms with Gasteiger partial charge in [0, 0.05) is 31.7 Å². The molecule has 0 N–H and O–H groups in total. The minimum atomic E-state index is 0.0129. The number of esters is 1. The maximum Gasteiger partial charge on any atom is 0.307 e. The van der Waals surface area contributed by atoms with Crippen molar-refractivity contribution in [3.05, 3.63) is 0 Å². The first-order valence-corrected chi connectivity index (χ1v) is 8.23. The molecule has 0 amide bonds. The summed E-state index contributed by atoms with van der Waals surface area (Å²) in [6.45, 7) is 6.88. The van der Waals surface area contributed by atoms with Crippen molar-refractivity contribution >= 4 is 5.97 Å². The van der Waals surface area contributed by atoms with Crippen molar-refractivity contribution in [1.29, 1.82) is 0 Å². The zero-order valence-corrected chi connectivity index (χ0v) is 12.9. The van der Waals surface area contributed by atoms with Crippen LogP contribution in [0.4, 0.5) is 0 Å². The van der Waals surface area contributed by atoms with Crippen molar-refractivity contribution in [1.82, 2.24) is 9.80 Å². The third-order valence-electron chi connectivity index (χ3n) is 5.83. The van der Waals surface area contributed by atoms with E-state index >= 15 is 0 Å². The number of ether oxygens (including phenoxy) is 1. The topological polar surface area (TPSA) is 32.8 Å². The Morgan fingerprint density at radius 3 is 2.55 bits per heavy atom. The predicted octanol–water partition coefficient (Wildman–Crippen LogP) is 1.75. The number of carbonyl (C=O) groups excluding carboxylic acids is 1. The van der Waals surface area contributed by atoms with Crippen LogP contribution in [0.3, 0.4) is 0 Å². The Morgan fingerprint density at radius 2 is 2.00 bits per heavy atom. The molecule has 1 heterocycles. The minimum Gasteiger partial charge on any atom is -0.466 e. The summed E-state index contributed by atoms with van der Waals surface area (Å²) in [6, 6.07) is 0. The quantitative estimate of drug-likeness (QED) is 0.735. The second kappa shape index (κ2) is 5.64. The van der Waals surface area contributed by atoms with Gasteiger partial charge >= 0.3 is 5.97 Å². The molecule has 3 fully saturated rings. The molecular formula is C16H28N2O2. The fraction of sp³-hybridized carbons (Fsp3) is 0.938. The van der Waals surface area contributed by atoms with E-state index in [0.29, 0.717) is 13.0 Å². The molecule has 20 heavy (non-hydrogen) atoms. The molecule has 1 saturated heterocycles. The molecule has 2 saturated carbocycles. The first kappa shape index (κ1) is 14.3. The van der Waals surface area contributed by atoms with Gasteiger partial charge in [0.1, 0.15) is 0 Å². The molecule has 3 atom stereocenters. The Bertz CT molecular complexity index is 365. The Kier molecular flexibility index (Phi) is 4.04. The van der Waals surface area contributed by atoms with E-state index in [9.17, 15) is 4.79 Å². The van der Waals surface area contributed by atoms with Gasteiger partial charge < -0.3 is 9.64 Å². The lowest BCUT2D eigenvalue weighted by molar-refractivity contribution is -0.148. The van der Waals surface area contributed by atoms with Crippen molar-refractivity contribution in [2.45, 2.75) is 44.6 Å². The maximum atomic E-state index is 12.1. The number of nitrogens with zero attached hydrogens (tertiary/aromatic N) is 2. The third-order valence-corrected chi connectivity index (χ3v) is 5.83. The minimum absolute atomic E-state index is 0.0129. The molecule has 4 nitrogen and oxygen atoms in total. The van der Waals surface area contributed by atoms with Crippen LogP contribution in [-0.4, -0.2) is 61.1 Å². The standard InChI is InChI=1S/C16H28N2O2/c1-3-20-15(19)12-16(11-13-4-5-14(16)10-13)18-8-6-17(2)7-9-18/h13-14H,3-12H2,1-2H3. The molecule has 0 aromatic heterocycles. The second-order valence-electron chi connectivity index (χ2n) is 6.96. The van der Waals surface area contributed by atoms with E-state index in [0.717, 1.165) is 38.0 Å². The van der Waals surface area contributed by atoms with Gasteiger partial charge in [0.2, 0.25) is 0 Å². The van der Waals surface area contributed by atoms with E-state index in [1.54, 1.807) is 0 Å². The molecule has 1 aliphatic heterocycles. The van der Waals surface area contributed by atoms with Gasteiger partial charge in [-0.2, -0.15) is 0 Å². The van der Waals surface area contributed by atoms with Gasteiger partial charge in [-0.3, -0.25) is 9.69 Å². The third kappa shape index (κ3) is 2.48. The fourth-order valence-corrected chi connectivity index (χ4v) is 4.84. The zero-order chi connectivity index (χ0) is 14.2. The van der Waals surface area contributed by atoms with Crippen LogP contribution in [0.15, 0.2) is 0 Å². The van der Waals surface area contributed by atoms with E-state index in [2.05, 4.69) is 16.8 Å². The van der Waals surface area contributed by atoms with Crippen LogP contribution in [0.25, 0.3) is 0 Å². The van der Waals surface area contributed by atoms with Gasteiger partial charge in [-0.1, -0.05) is 6.42 Å². The number of rotatable bonds is 4. The summed E-state index contributed by atoms with van der Waals surface area (Å²) in [7, 11) is 2.19. The number of hydrogen-bond donors (Lipinski definition) is 0. The monoisotopic (exact) mass is 280 g/mol. The molecule has 3 unspecified atom stereocenters. The highest BCUT2D eigenvalue weighted by molar-refractivity contribution is 5.71. The highest BCUT2D eigenvalue weighted by Gasteiger charge is 2.55. The number of piperazine rings is 1. The molecule has 114 valence electrons. The Morgan fingerprint density at radius 1 is 1.25 bits per heavy atom. The van der Waals surface area contributed by atoms with Gasteiger partial charge in [-0.15, -0.1) is 0 Å². The van der Waals surface area contributed by atoms with E-state index < -0.39 is 0 Å². The lowest BCUT2D eigenvalue weighted by atomic mass is 9.76. The average molecular weight is 280 g/mol. The first-order valence-electron chi connectivity index (χ1n) is 8.23. The first-order chi connectivity index (χ1) is 9.64. The Labute approximate surface area is 122 Å². The molecular weight excluding hydrogens is 252 g/mol. The normalized spacial score (nSPS) is 38.3. The molecule has 3 rings (SSSR count). The molecule has 3 aliphatic rings. The van der Waals surface area contributed by atoms with Crippen LogP contribution >= 0.6 is 0 Å². The van der Waals surface area contributed by atoms with Crippen LogP contribution in [0.1, 0.15) is 39.0 Å². The van der Waals surface area contributed by atoms with Crippen LogP contribution < -0.4 is 0 Å². The van der Waals surface area contributed by atoms with Gasteiger partial charge in [-0.05, 0) is 45.1 Å². The molecule has 2 bridgehead atoms. The highest BCUT2D eigenvalue weighted by atomic mass is 16.5. The number of likely N-dealkylation sites (N-methyl/N-ethyl adjacent to an activating group) is 1. The van der Waals surface area contributed by atoms with Crippen molar-refractivity contribution in [3.63, 3.8) is 0 Å². The molecule has 0 aromatic carbocycles. The summed E-state index contributed by atoms with van der Waals surface area (Å²) in [5.41, 5.74) is 0.121. The lowest BCUT2D eigenvalue weighted by Gasteiger charge is -2.49. The van der Waals surface area contributed by atoms with Crippen molar-refractivity contribution < 1.29 is 9.53 Å². The SMILES string of the molecule is CCOC(=O)CC1(N2CCN(C)CC2)CC2CCC1C2. The van der Waals surface area contributed by atoms with Gasteiger partial charge in [-0.25, -0.2) is 0 Å². The van der Waals surface area contributed by atoms with Crippen molar-refractivity contribution in [2.24, 2.45) is 11.8 Å². The van der Waals surface area contributed by atoms with Gasteiger partial charge in [0.25, 0.3) is 0 Å². The zero-order valence-electron chi connectivity index (χ0n) is 12.9. The maximum absolute atomic E-state index is 12.1. The summed E-state index contributed by atoms with van der Waals surface area (Å²) >= 11 is 0. The molecule has 4 heteroatoms. The Balaban J connectivity index is 1.75. The number of fused-ring (bicyclic) bond motifs is 2. The molecule has 2 aliphatic carbocycles. The van der Waals surface area contributed by atoms with E-state index in [1.807, 2.05) is 6.92 Å². The number of hydrogen-bond acceptors (Lipinski definition) is 4. The van der Waals surface area contributed by atoms with Crippen LogP contribution in [-0.2, 0) is 9.53 Å². The lowest BCUT2D eigenvalue weighted by Crippen LogP contribution is -2.59. The summed E-state index contributed by atoms with van der Waals surface area (Å²) in [5.74, 6) is 1.59. The summed E-state index contributed by atoms with van der Waals surface area (Å²) in [5, 5.41) is 0. The van der Waals surface area contributed by atoms with Crippen LogP contribution in [0.2, 0.25) is 0 Å². The fourth-order valence-electron chi connectivity index (χ4n) is 4.84. The largest absolute Gasteiger partial charge is 0.466 e. The van der Waals surface area contributed by atoms with Gasteiger partial charge in [0.05, 0.1) is 13.0 Å². The molecule has 0 aromatic rings. The van der Waals surface area contributed by atoms with Crippen LogP contribution in [0.5, 0.6) is 0 Å². The molecule has 0 radical (unpaired) electrons. The Hall–Kier alpha value is -0.610. The average Bonchev–Trinajstić information content (AvgIpc) is 3.00. The van der Waals surface area contributed by atoms with Crippen molar-refractivity contribution in [3.8, 4) is 0 Å². The smallest absolute Gasteiger partial charge is 0.307 e. The van der Waals surface area contributed by atoms with Crippen molar-refractivity contribution in [2.75, 3.05) is 39.8 Å².